The van der Waals surface area contributed by atoms with Gasteiger partial charge in [0.05, 0.1) is 17.0 Å². The van der Waals surface area contributed by atoms with E-state index in [2.05, 4.69) is 20.4 Å². The molecule has 0 atom stereocenters. The second kappa shape index (κ2) is 11.7. The Kier molecular flexibility index (Phi) is 7.59. The van der Waals surface area contributed by atoms with Gasteiger partial charge in [-0.05, 0) is 61.4 Å². The van der Waals surface area contributed by atoms with Crippen LogP contribution >= 0.6 is 11.6 Å². The van der Waals surface area contributed by atoms with Crippen LogP contribution < -0.4 is 10.7 Å². The van der Waals surface area contributed by atoms with E-state index >= 15 is 0 Å². The molecular formula is C33H28ClN3O6S. The molecule has 4 heterocycles. The third kappa shape index (κ3) is 5.35. The van der Waals surface area contributed by atoms with Crippen molar-refractivity contribution in [1.82, 2.24) is 9.29 Å². The first-order valence-electron chi connectivity index (χ1n) is 14.3. The number of sulfonamides is 1. The predicted octanol–water partition coefficient (Wildman–Crippen LogP) is 6.57. The Balaban J connectivity index is 0.000000239. The van der Waals surface area contributed by atoms with Gasteiger partial charge in [0.2, 0.25) is 10.0 Å². The summed E-state index contributed by atoms with van der Waals surface area (Å²) in [6.45, 7) is 1.92. The average Bonchev–Trinajstić information content (AvgIpc) is 3.43. The number of rotatable bonds is 3. The van der Waals surface area contributed by atoms with Gasteiger partial charge in [-0.15, -0.1) is 0 Å². The number of piperidine rings is 1. The Bertz CT molecular complexity index is 2150. The van der Waals surface area contributed by atoms with Crippen LogP contribution in [-0.4, -0.2) is 43.6 Å². The molecule has 6 aromatic rings. The minimum Gasteiger partial charge on any atom is -0.456 e. The van der Waals surface area contributed by atoms with E-state index in [1.54, 1.807) is 28.6 Å². The van der Waals surface area contributed by atoms with E-state index < -0.39 is 15.8 Å². The van der Waals surface area contributed by atoms with Gasteiger partial charge in [0.25, 0.3) is 0 Å². The topological polar surface area (TPSA) is 106 Å². The van der Waals surface area contributed by atoms with Crippen LogP contribution in [-0.2, 0) is 21.4 Å². The summed E-state index contributed by atoms with van der Waals surface area (Å²) >= 11 is 6.37. The van der Waals surface area contributed by atoms with Crippen LogP contribution in [0.2, 0.25) is 5.02 Å². The molecule has 2 aliphatic heterocycles. The van der Waals surface area contributed by atoms with Gasteiger partial charge < -0.3 is 18.5 Å². The first-order chi connectivity index (χ1) is 21.4. The Hall–Kier alpha value is -4.22. The molecule has 0 unspecified atom stereocenters. The molecule has 2 aliphatic rings. The average molecular weight is 630 g/mol. The lowest BCUT2D eigenvalue weighted by atomic mass is 10.0. The molecule has 0 radical (unpaired) electrons. The van der Waals surface area contributed by atoms with E-state index in [0.29, 0.717) is 47.4 Å². The number of aromatic nitrogens is 1. The normalized spacial score (nSPS) is 16.2. The molecule has 1 saturated heterocycles. The van der Waals surface area contributed by atoms with Gasteiger partial charge in [-0.25, -0.2) is 13.2 Å². The van der Waals surface area contributed by atoms with Crippen molar-refractivity contribution >= 4 is 60.2 Å². The molecule has 9 nitrogen and oxygen atoms in total. The molecule has 1 fully saturated rings. The van der Waals surface area contributed by atoms with Crippen LogP contribution in [0.5, 0.6) is 0 Å². The van der Waals surface area contributed by atoms with Crippen molar-refractivity contribution in [3.05, 3.63) is 112 Å². The standard InChI is InChI=1S/C25H23ClN2O4S.C8H5NO2/c26-22-5-3-6-23-21(22)15-31-16-28(23)17-10-12-27(13-11-17)33(29,30)18-8-9-25-20(14-18)19-4-1-2-7-24(19)32-25;10-8-9-7-4-2-1-3-6(7)5-11-8/h1-9,14,17H,10-13,15-16H2;1-5H. The van der Waals surface area contributed by atoms with Gasteiger partial charge in [-0.2, -0.15) is 9.29 Å². The summed E-state index contributed by atoms with van der Waals surface area (Å²) in [7, 11) is -3.60. The lowest BCUT2D eigenvalue weighted by Crippen LogP contribution is -2.48. The van der Waals surface area contributed by atoms with E-state index in [1.807, 2.05) is 54.6 Å². The van der Waals surface area contributed by atoms with Crippen molar-refractivity contribution in [3.63, 3.8) is 0 Å². The Morgan fingerprint density at radius 1 is 0.864 bits per heavy atom. The van der Waals surface area contributed by atoms with E-state index in [9.17, 15) is 13.2 Å². The highest BCUT2D eigenvalue weighted by Gasteiger charge is 2.34. The third-order valence-corrected chi connectivity index (χ3v) is 10.4. The summed E-state index contributed by atoms with van der Waals surface area (Å²) in [6, 6.07) is 26.2. The number of fused-ring (bicyclic) bond motifs is 5. The maximum Gasteiger partial charge on any atom is 0.439 e. The second-order valence-electron chi connectivity index (χ2n) is 10.7. The molecule has 2 aromatic heterocycles. The molecule has 8 rings (SSSR count). The molecule has 0 aliphatic carbocycles. The molecule has 224 valence electrons. The molecule has 11 heteroatoms. The highest BCUT2D eigenvalue weighted by molar-refractivity contribution is 7.89. The molecule has 4 aromatic carbocycles. The van der Waals surface area contributed by atoms with Crippen LogP contribution in [0.25, 0.3) is 32.8 Å². The molecule has 0 bridgehead atoms. The summed E-state index contributed by atoms with van der Waals surface area (Å²) < 4.78 is 44.7. The van der Waals surface area contributed by atoms with Crippen LogP contribution in [0, 0.1) is 0 Å². The van der Waals surface area contributed by atoms with Gasteiger partial charge in [-0.3, -0.25) is 0 Å². The predicted molar refractivity (Wildman–Crippen MR) is 169 cm³/mol. The lowest BCUT2D eigenvalue weighted by molar-refractivity contribution is 0.0988. The van der Waals surface area contributed by atoms with Crippen molar-refractivity contribution in [2.45, 2.75) is 30.4 Å². The zero-order valence-electron chi connectivity index (χ0n) is 23.6. The molecular weight excluding hydrogens is 602 g/mol. The van der Waals surface area contributed by atoms with Gasteiger partial charge in [0.1, 0.15) is 24.2 Å². The summed E-state index contributed by atoms with van der Waals surface area (Å²) in [6.07, 6.45) is 2.86. The number of furan rings is 1. The number of anilines is 1. The largest absolute Gasteiger partial charge is 0.456 e. The van der Waals surface area contributed by atoms with E-state index in [1.165, 1.54) is 6.26 Å². The van der Waals surface area contributed by atoms with Crippen molar-refractivity contribution in [2.75, 3.05) is 24.7 Å². The highest BCUT2D eigenvalue weighted by Crippen LogP contribution is 2.36. The molecule has 44 heavy (non-hydrogen) atoms. The second-order valence-corrected chi connectivity index (χ2v) is 13.1. The third-order valence-electron chi connectivity index (χ3n) is 8.17. The summed E-state index contributed by atoms with van der Waals surface area (Å²) in [5, 5.41) is 3.29. The zero-order valence-corrected chi connectivity index (χ0v) is 25.1. The minimum atomic E-state index is -3.60. The van der Waals surface area contributed by atoms with Gasteiger partial charge in [0.15, 0.2) is 0 Å². The van der Waals surface area contributed by atoms with Crippen LogP contribution in [0.15, 0.2) is 110 Å². The number of ether oxygens (including phenoxy) is 1. The van der Waals surface area contributed by atoms with Crippen molar-refractivity contribution in [1.29, 1.82) is 0 Å². The molecule has 0 amide bonds. The molecule has 0 spiro atoms. The van der Waals surface area contributed by atoms with Gasteiger partial charge in [0, 0.05) is 51.6 Å². The number of hydrogen-bond acceptors (Lipinski definition) is 8. The Morgan fingerprint density at radius 2 is 1.64 bits per heavy atom. The quantitative estimate of drug-likeness (QED) is 0.216. The van der Waals surface area contributed by atoms with Gasteiger partial charge in [-0.1, -0.05) is 48.0 Å². The van der Waals surface area contributed by atoms with E-state index in [0.717, 1.165) is 45.8 Å². The van der Waals surface area contributed by atoms with E-state index in [4.69, 9.17) is 20.8 Å². The van der Waals surface area contributed by atoms with Crippen LogP contribution in [0.4, 0.5) is 5.69 Å². The van der Waals surface area contributed by atoms with Crippen molar-refractivity contribution < 1.29 is 22.0 Å². The number of hydrogen-bond donors (Lipinski definition) is 0. The maximum absolute atomic E-state index is 13.5. The fourth-order valence-corrected chi connectivity index (χ4v) is 7.63. The van der Waals surface area contributed by atoms with Crippen LogP contribution in [0.3, 0.4) is 0 Å². The summed E-state index contributed by atoms with van der Waals surface area (Å²) in [4.78, 5) is 16.8. The number of para-hydroxylation sites is 2. The summed E-state index contributed by atoms with van der Waals surface area (Å²) in [5.74, 6) is -0.552. The monoisotopic (exact) mass is 629 g/mol. The first kappa shape index (κ1) is 28.5. The number of halogens is 1. The van der Waals surface area contributed by atoms with Crippen molar-refractivity contribution in [3.8, 4) is 0 Å². The fourth-order valence-electron chi connectivity index (χ4n) is 5.91. The van der Waals surface area contributed by atoms with Gasteiger partial charge >= 0.3 is 5.76 Å². The number of benzene rings is 4. The minimum absolute atomic E-state index is 0.203. The summed E-state index contributed by atoms with van der Waals surface area (Å²) in [5.41, 5.74) is 4.21. The molecule has 0 N–H and O–H groups in total. The van der Waals surface area contributed by atoms with Crippen LogP contribution in [0.1, 0.15) is 18.4 Å². The van der Waals surface area contributed by atoms with E-state index in [-0.39, 0.29) is 6.04 Å². The Morgan fingerprint density at radius 3 is 2.50 bits per heavy atom. The fraction of sp³-hybridized carbons (Fsp3) is 0.212. The lowest BCUT2D eigenvalue weighted by Gasteiger charge is -2.41. The number of nitrogens with zero attached hydrogens (tertiary/aromatic N) is 3. The highest BCUT2D eigenvalue weighted by atomic mass is 35.5. The zero-order chi connectivity index (χ0) is 30.3. The van der Waals surface area contributed by atoms with Crippen molar-refractivity contribution in [2.24, 2.45) is 0 Å². The maximum atomic E-state index is 13.5. The Labute approximate surface area is 258 Å². The molecule has 0 saturated carbocycles. The SMILES string of the molecule is O=S(=O)(c1ccc2oc3ccccc3c2c1)N1CCC(N2COCc3c(Cl)cccc32)CC1.O=c1nc2ccccc2co1. The first-order valence-corrected chi connectivity index (χ1v) is 16.1. The smallest absolute Gasteiger partial charge is 0.439 e.